The van der Waals surface area contributed by atoms with Crippen molar-refractivity contribution in [3.05, 3.63) is 59.7 Å². The molecule has 0 aromatic heterocycles. The van der Waals surface area contributed by atoms with E-state index in [0.29, 0.717) is 11.3 Å². The van der Waals surface area contributed by atoms with Crippen LogP contribution in [0.5, 0.6) is 0 Å². The molecular formula is C22H28N2O6S. The van der Waals surface area contributed by atoms with E-state index in [1.807, 2.05) is 12.1 Å². The highest BCUT2D eigenvalue weighted by molar-refractivity contribution is 7.91. The predicted octanol–water partition coefficient (Wildman–Crippen LogP) is 3.00. The molecule has 0 saturated heterocycles. The van der Waals surface area contributed by atoms with Crippen molar-refractivity contribution in [1.82, 2.24) is 5.06 Å². The van der Waals surface area contributed by atoms with Gasteiger partial charge in [-0.15, -0.1) is 0 Å². The molecule has 0 fully saturated rings. The normalized spacial score (nSPS) is 12.2. The molecule has 0 saturated carbocycles. The number of aliphatic hydroxyl groups excluding tert-OH is 1. The van der Waals surface area contributed by atoms with E-state index in [4.69, 9.17) is 5.21 Å². The molecule has 0 aliphatic carbocycles. The fraction of sp³-hybridized carbons (Fsp3) is 0.364. The average Bonchev–Trinajstić information content (AvgIpc) is 2.78. The van der Waals surface area contributed by atoms with Gasteiger partial charge in [0.2, 0.25) is 6.41 Å². The van der Waals surface area contributed by atoms with Crippen LogP contribution in [0.2, 0.25) is 0 Å². The van der Waals surface area contributed by atoms with Crippen molar-refractivity contribution in [3.63, 3.8) is 0 Å². The molecule has 2 amide bonds. The summed E-state index contributed by atoms with van der Waals surface area (Å²) in [4.78, 5) is 22.8. The third-order valence-corrected chi connectivity index (χ3v) is 6.58. The van der Waals surface area contributed by atoms with E-state index in [2.05, 4.69) is 12.2 Å². The number of carbonyl (C=O) groups excluding carboxylic acids is 2. The standard InChI is InChI=1S/C22H28N2O6S/c1-2-3-4-5-17-6-8-18(9-7-17)22(27)23-19-10-12-20(13-11-19)31(29,30)15-14-21(26)24(28)16-25/h6-13,16,21,26,28H,2-5,14-15H2,1H3,(H,23,27). The second kappa shape index (κ2) is 11.6. The third-order valence-electron chi connectivity index (χ3n) is 4.81. The summed E-state index contributed by atoms with van der Waals surface area (Å²) in [6.45, 7) is 2.15. The van der Waals surface area contributed by atoms with E-state index < -0.39 is 21.8 Å². The van der Waals surface area contributed by atoms with Crippen molar-refractivity contribution in [2.75, 3.05) is 11.1 Å². The Hall–Kier alpha value is -2.75. The Morgan fingerprint density at radius 1 is 1.10 bits per heavy atom. The minimum absolute atomic E-state index is 0.00437. The topological polar surface area (TPSA) is 124 Å². The number of sulfone groups is 1. The van der Waals surface area contributed by atoms with Crippen LogP contribution in [0.3, 0.4) is 0 Å². The van der Waals surface area contributed by atoms with Crippen LogP contribution in [-0.2, 0) is 21.1 Å². The molecule has 2 aromatic carbocycles. The summed E-state index contributed by atoms with van der Waals surface area (Å²) in [5, 5.41) is 21.3. The van der Waals surface area contributed by atoms with Gasteiger partial charge in [0.25, 0.3) is 5.91 Å². The molecule has 2 aromatic rings. The van der Waals surface area contributed by atoms with Crippen LogP contribution in [-0.4, -0.2) is 48.1 Å². The number of rotatable bonds is 12. The summed E-state index contributed by atoms with van der Waals surface area (Å²) in [6.07, 6.45) is 2.47. The summed E-state index contributed by atoms with van der Waals surface area (Å²) in [6, 6.07) is 13.1. The Labute approximate surface area is 182 Å². The number of hydrogen-bond donors (Lipinski definition) is 3. The van der Waals surface area contributed by atoms with Crippen LogP contribution in [0.25, 0.3) is 0 Å². The molecule has 0 aliphatic rings. The van der Waals surface area contributed by atoms with Crippen LogP contribution in [0, 0.1) is 0 Å². The molecule has 9 heteroatoms. The van der Waals surface area contributed by atoms with E-state index in [0.717, 1.165) is 19.3 Å². The first kappa shape index (κ1) is 24.5. The number of nitrogens with zero attached hydrogens (tertiary/aromatic N) is 1. The lowest BCUT2D eigenvalue weighted by Gasteiger charge is -2.16. The lowest BCUT2D eigenvalue weighted by Crippen LogP contribution is -2.32. The zero-order valence-corrected chi connectivity index (χ0v) is 18.2. The fourth-order valence-corrected chi connectivity index (χ4v) is 4.24. The Morgan fingerprint density at radius 3 is 2.32 bits per heavy atom. The fourth-order valence-electron chi connectivity index (χ4n) is 2.93. The first-order valence-electron chi connectivity index (χ1n) is 10.1. The number of aliphatic hydroxyl groups is 1. The van der Waals surface area contributed by atoms with Gasteiger partial charge in [0.05, 0.1) is 10.6 Å². The minimum atomic E-state index is -3.74. The van der Waals surface area contributed by atoms with Gasteiger partial charge in [0.1, 0.15) is 0 Å². The third kappa shape index (κ3) is 7.46. The van der Waals surface area contributed by atoms with Crippen molar-refractivity contribution >= 4 is 27.8 Å². The maximum atomic E-state index is 12.4. The van der Waals surface area contributed by atoms with Crippen LogP contribution in [0.15, 0.2) is 53.4 Å². The van der Waals surface area contributed by atoms with Crippen molar-refractivity contribution in [2.24, 2.45) is 0 Å². The molecule has 8 nitrogen and oxygen atoms in total. The molecule has 0 bridgehead atoms. The van der Waals surface area contributed by atoms with Gasteiger partial charge in [-0.2, -0.15) is 5.06 Å². The molecule has 31 heavy (non-hydrogen) atoms. The first-order chi connectivity index (χ1) is 14.8. The number of nitrogens with one attached hydrogen (secondary N) is 1. The number of hydroxylamine groups is 2. The smallest absolute Gasteiger partial charge is 0.255 e. The zero-order valence-electron chi connectivity index (χ0n) is 17.4. The first-order valence-corrected chi connectivity index (χ1v) is 11.8. The molecule has 0 heterocycles. The number of anilines is 1. The Balaban J connectivity index is 1.95. The van der Waals surface area contributed by atoms with Gasteiger partial charge in [-0.05, 0) is 54.8 Å². The van der Waals surface area contributed by atoms with Crippen molar-refractivity contribution in [3.8, 4) is 0 Å². The summed E-state index contributed by atoms with van der Waals surface area (Å²) < 4.78 is 24.7. The maximum absolute atomic E-state index is 12.4. The number of benzene rings is 2. The predicted molar refractivity (Wildman–Crippen MR) is 116 cm³/mol. The Bertz CT molecular complexity index is 959. The number of aryl methyl sites for hydroxylation is 1. The highest BCUT2D eigenvalue weighted by atomic mass is 32.2. The number of hydrogen-bond acceptors (Lipinski definition) is 6. The van der Waals surface area contributed by atoms with Crippen LogP contribution in [0.1, 0.15) is 48.5 Å². The molecule has 0 aliphatic heterocycles. The molecule has 3 N–H and O–H groups in total. The molecule has 0 spiro atoms. The lowest BCUT2D eigenvalue weighted by molar-refractivity contribution is -0.192. The second-order valence-corrected chi connectivity index (χ2v) is 9.32. The SMILES string of the molecule is CCCCCc1ccc(C(=O)Nc2ccc(S(=O)(=O)CCC(O)N(O)C=O)cc2)cc1. The van der Waals surface area contributed by atoms with E-state index in [1.54, 1.807) is 12.1 Å². The van der Waals surface area contributed by atoms with Gasteiger partial charge in [0.15, 0.2) is 16.1 Å². The van der Waals surface area contributed by atoms with Gasteiger partial charge >= 0.3 is 0 Å². The molecular weight excluding hydrogens is 420 g/mol. The maximum Gasteiger partial charge on any atom is 0.255 e. The van der Waals surface area contributed by atoms with E-state index in [1.165, 1.54) is 36.2 Å². The Kier molecular flexibility index (Phi) is 9.17. The van der Waals surface area contributed by atoms with Gasteiger partial charge in [-0.25, -0.2) is 8.42 Å². The zero-order chi connectivity index (χ0) is 22.9. The number of amides is 2. The quantitative estimate of drug-likeness (QED) is 0.151. The van der Waals surface area contributed by atoms with E-state index >= 15 is 0 Å². The summed E-state index contributed by atoms with van der Waals surface area (Å²) >= 11 is 0. The van der Waals surface area contributed by atoms with E-state index in [-0.39, 0.29) is 28.7 Å². The van der Waals surface area contributed by atoms with Crippen molar-refractivity contribution in [1.29, 1.82) is 0 Å². The highest BCUT2D eigenvalue weighted by Crippen LogP contribution is 2.18. The molecule has 168 valence electrons. The van der Waals surface area contributed by atoms with Gasteiger partial charge in [-0.1, -0.05) is 31.9 Å². The van der Waals surface area contributed by atoms with Gasteiger partial charge in [0, 0.05) is 17.7 Å². The lowest BCUT2D eigenvalue weighted by atomic mass is 10.1. The number of unbranched alkanes of at least 4 members (excludes halogenated alkanes) is 2. The summed E-state index contributed by atoms with van der Waals surface area (Å²) in [7, 11) is -3.74. The van der Waals surface area contributed by atoms with Gasteiger partial charge < -0.3 is 10.4 Å². The molecule has 2 rings (SSSR count). The highest BCUT2D eigenvalue weighted by Gasteiger charge is 2.19. The monoisotopic (exact) mass is 448 g/mol. The average molecular weight is 449 g/mol. The number of carbonyl (C=O) groups is 2. The Morgan fingerprint density at radius 2 is 1.74 bits per heavy atom. The van der Waals surface area contributed by atoms with Crippen molar-refractivity contribution < 1.29 is 28.3 Å². The largest absolute Gasteiger partial charge is 0.371 e. The molecule has 1 unspecified atom stereocenters. The summed E-state index contributed by atoms with van der Waals surface area (Å²) in [5.74, 6) is -0.759. The van der Waals surface area contributed by atoms with Crippen LogP contribution >= 0.6 is 0 Å². The second-order valence-electron chi connectivity index (χ2n) is 7.21. The van der Waals surface area contributed by atoms with Gasteiger partial charge in [-0.3, -0.25) is 14.8 Å². The summed E-state index contributed by atoms with van der Waals surface area (Å²) in [5.41, 5.74) is 2.13. The molecule has 1 atom stereocenters. The van der Waals surface area contributed by atoms with Crippen LogP contribution in [0.4, 0.5) is 5.69 Å². The van der Waals surface area contributed by atoms with Crippen LogP contribution < -0.4 is 5.32 Å². The van der Waals surface area contributed by atoms with E-state index in [9.17, 15) is 23.1 Å². The minimum Gasteiger partial charge on any atom is -0.371 e. The molecule has 0 radical (unpaired) electrons. The van der Waals surface area contributed by atoms with Crippen molar-refractivity contribution in [2.45, 2.75) is 50.2 Å².